The number of nitrogens with zero attached hydrogens (tertiary/aromatic N) is 1. The zero-order valence-corrected chi connectivity index (χ0v) is 15.9. The van der Waals surface area contributed by atoms with E-state index in [0.29, 0.717) is 42.3 Å². The minimum atomic E-state index is -3.60. The van der Waals surface area contributed by atoms with Crippen LogP contribution in [0.3, 0.4) is 0 Å². The maximum absolute atomic E-state index is 13.1. The lowest BCUT2D eigenvalue weighted by Gasteiger charge is -2.34. The number of piperidine rings is 1. The van der Waals surface area contributed by atoms with Gasteiger partial charge < -0.3 is 4.74 Å². The summed E-state index contributed by atoms with van der Waals surface area (Å²) in [4.78, 5) is 0.183. The summed E-state index contributed by atoms with van der Waals surface area (Å²) in [5.74, 6) is 1.11. The molecule has 0 amide bonds. The second-order valence-electron chi connectivity index (χ2n) is 6.66. The van der Waals surface area contributed by atoms with Gasteiger partial charge in [0, 0.05) is 18.1 Å². The molecule has 0 aromatic heterocycles. The van der Waals surface area contributed by atoms with Crippen molar-refractivity contribution in [3.63, 3.8) is 0 Å². The van der Waals surface area contributed by atoms with Gasteiger partial charge in [0.25, 0.3) is 0 Å². The number of ether oxygens (including phenoxy) is 1. The van der Waals surface area contributed by atoms with Crippen LogP contribution in [0.15, 0.2) is 17.0 Å². The Morgan fingerprint density at radius 1 is 1.26 bits per heavy atom. The molecule has 1 aromatic carbocycles. The first kappa shape index (κ1) is 18.6. The van der Waals surface area contributed by atoms with Gasteiger partial charge in [-0.15, -0.1) is 0 Å². The Kier molecular flexibility index (Phi) is 5.98. The van der Waals surface area contributed by atoms with E-state index >= 15 is 0 Å². The minimum absolute atomic E-state index is 0.183. The summed E-state index contributed by atoms with van der Waals surface area (Å²) in [6.07, 6.45) is 1.87. The quantitative estimate of drug-likeness (QED) is 0.795. The van der Waals surface area contributed by atoms with Gasteiger partial charge in [0.2, 0.25) is 10.0 Å². The number of aryl methyl sites for hydroxylation is 1. The summed E-state index contributed by atoms with van der Waals surface area (Å²) in [7, 11) is -3.60. The molecule has 0 aliphatic carbocycles. The molecule has 130 valence electrons. The standard InChI is InChI=1S/C17H26ClNO3S/c1-5-6-22-16-8-14(4)15(18)9-17(16)23(20,21)19-10-12(2)7-13(3)11-19/h8-9,12-13H,5-7,10-11H2,1-4H3/t12-,13+. The zero-order chi connectivity index (χ0) is 17.2. The Morgan fingerprint density at radius 3 is 2.43 bits per heavy atom. The van der Waals surface area contributed by atoms with Crippen LogP contribution >= 0.6 is 11.6 Å². The zero-order valence-electron chi connectivity index (χ0n) is 14.3. The second kappa shape index (κ2) is 7.41. The summed E-state index contributed by atoms with van der Waals surface area (Å²) in [5.41, 5.74) is 0.817. The van der Waals surface area contributed by atoms with Crippen LogP contribution in [-0.4, -0.2) is 32.4 Å². The number of sulfonamides is 1. The van der Waals surface area contributed by atoms with Crippen molar-refractivity contribution in [2.75, 3.05) is 19.7 Å². The van der Waals surface area contributed by atoms with Crippen LogP contribution in [0.25, 0.3) is 0 Å². The predicted octanol–water partition coefficient (Wildman–Crippen LogP) is 4.10. The van der Waals surface area contributed by atoms with Crippen molar-refractivity contribution in [3.8, 4) is 5.75 Å². The monoisotopic (exact) mass is 359 g/mol. The van der Waals surface area contributed by atoms with Crippen molar-refractivity contribution in [3.05, 3.63) is 22.7 Å². The van der Waals surface area contributed by atoms with Crippen molar-refractivity contribution in [1.29, 1.82) is 0 Å². The number of halogens is 1. The average Bonchev–Trinajstić information content (AvgIpc) is 2.47. The molecule has 1 fully saturated rings. The van der Waals surface area contributed by atoms with E-state index in [-0.39, 0.29) is 4.90 Å². The van der Waals surface area contributed by atoms with Crippen LogP contribution in [0.4, 0.5) is 0 Å². The van der Waals surface area contributed by atoms with Gasteiger partial charge in [-0.3, -0.25) is 0 Å². The molecule has 0 spiro atoms. The lowest BCUT2D eigenvalue weighted by atomic mass is 9.94. The third-order valence-electron chi connectivity index (χ3n) is 4.14. The van der Waals surface area contributed by atoms with Gasteiger partial charge in [0.15, 0.2) is 0 Å². The third-order valence-corrected chi connectivity index (χ3v) is 6.40. The number of hydrogen-bond acceptors (Lipinski definition) is 3. The fraction of sp³-hybridized carbons (Fsp3) is 0.647. The van der Waals surface area contributed by atoms with E-state index in [4.69, 9.17) is 16.3 Å². The minimum Gasteiger partial charge on any atom is -0.492 e. The second-order valence-corrected chi connectivity index (χ2v) is 8.98. The van der Waals surface area contributed by atoms with Gasteiger partial charge in [-0.1, -0.05) is 32.4 Å². The lowest BCUT2D eigenvalue weighted by Crippen LogP contribution is -2.42. The first-order valence-corrected chi connectivity index (χ1v) is 10.0. The Bertz CT molecular complexity index is 650. The molecule has 0 bridgehead atoms. The Labute approximate surface area is 144 Å². The van der Waals surface area contributed by atoms with E-state index in [1.54, 1.807) is 10.4 Å². The first-order chi connectivity index (χ1) is 10.8. The van der Waals surface area contributed by atoms with Crippen LogP contribution in [0.2, 0.25) is 5.02 Å². The molecule has 6 heteroatoms. The molecule has 4 nitrogen and oxygen atoms in total. The molecule has 1 aliphatic rings. The van der Waals surface area contributed by atoms with Gasteiger partial charge in [-0.2, -0.15) is 4.31 Å². The summed E-state index contributed by atoms with van der Waals surface area (Å²) in [5, 5.41) is 0.450. The third kappa shape index (κ3) is 4.20. The molecule has 2 atom stereocenters. The summed E-state index contributed by atoms with van der Waals surface area (Å²) >= 11 is 6.18. The molecular formula is C17H26ClNO3S. The molecule has 0 saturated carbocycles. The van der Waals surface area contributed by atoms with Crippen LogP contribution in [0, 0.1) is 18.8 Å². The Morgan fingerprint density at radius 2 is 1.87 bits per heavy atom. The van der Waals surface area contributed by atoms with Crippen LogP contribution in [0.5, 0.6) is 5.75 Å². The molecule has 2 rings (SSSR count). The van der Waals surface area contributed by atoms with Crippen molar-refractivity contribution in [2.45, 2.75) is 45.4 Å². The SMILES string of the molecule is CCCOc1cc(C)c(Cl)cc1S(=O)(=O)N1C[C@H](C)C[C@H](C)C1. The molecule has 0 radical (unpaired) electrons. The van der Waals surface area contributed by atoms with Crippen LogP contribution in [0.1, 0.15) is 39.2 Å². The highest BCUT2D eigenvalue weighted by molar-refractivity contribution is 7.89. The van der Waals surface area contributed by atoms with E-state index in [0.717, 1.165) is 18.4 Å². The van der Waals surface area contributed by atoms with E-state index in [2.05, 4.69) is 13.8 Å². The van der Waals surface area contributed by atoms with Crippen molar-refractivity contribution < 1.29 is 13.2 Å². The molecule has 1 aromatic rings. The fourth-order valence-corrected chi connectivity index (χ4v) is 5.15. The van der Waals surface area contributed by atoms with Crippen molar-refractivity contribution >= 4 is 21.6 Å². The Hall–Kier alpha value is -0.780. The topological polar surface area (TPSA) is 46.6 Å². The van der Waals surface area contributed by atoms with E-state index in [1.165, 1.54) is 6.07 Å². The van der Waals surface area contributed by atoms with Crippen LogP contribution in [-0.2, 0) is 10.0 Å². The normalized spacial score (nSPS) is 23.0. The summed E-state index contributed by atoms with van der Waals surface area (Å²) < 4.78 is 33.5. The van der Waals surface area contributed by atoms with Gasteiger partial charge in [-0.05, 0) is 49.3 Å². The van der Waals surface area contributed by atoms with E-state index in [9.17, 15) is 8.42 Å². The van der Waals surface area contributed by atoms with Gasteiger partial charge in [0.1, 0.15) is 10.6 Å². The van der Waals surface area contributed by atoms with Crippen molar-refractivity contribution in [2.24, 2.45) is 11.8 Å². The lowest BCUT2D eigenvalue weighted by molar-refractivity contribution is 0.221. The van der Waals surface area contributed by atoms with Gasteiger partial charge >= 0.3 is 0 Å². The maximum Gasteiger partial charge on any atom is 0.246 e. The van der Waals surface area contributed by atoms with Gasteiger partial charge in [0.05, 0.1) is 6.61 Å². The maximum atomic E-state index is 13.1. The fourth-order valence-electron chi connectivity index (χ4n) is 3.10. The highest BCUT2D eigenvalue weighted by atomic mass is 35.5. The summed E-state index contributed by atoms with van der Waals surface area (Å²) in [6.45, 7) is 9.60. The van der Waals surface area contributed by atoms with Gasteiger partial charge in [-0.25, -0.2) is 8.42 Å². The number of benzene rings is 1. The van der Waals surface area contributed by atoms with Crippen molar-refractivity contribution in [1.82, 2.24) is 4.31 Å². The Balaban J connectivity index is 2.43. The highest BCUT2D eigenvalue weighted by Crippen LogP contribution is 2.34. The predicted molar refractivity (Wildman–Crippen MR) is 93.7 cm³/mol. The molecular weight excluding hydrogens is 334 g/mol. The number of hydrogen-bond donors (Lipinski definition) is 0. The molecule has 1 heterocycles. The molecule has 1 aliphatic heterocycles. The van der Waals surface area contributed by atoms with E-state index < -0.39 is 10.0 Å². The molecule has 23 heavy (non-hydrogen) atoms. The summed E-state index contributed by atoms with van der Waals surface area (Å²) in [6, 6.07) is 3.25. The average molecular weight is 360 g/mol. The smallest absolute Gasteiger partial charge is 0.246 e. The highest BCUT2D eigenvalue weighted by Gasteiger charge is 2.34. The number of rotatable bonds is 5. The molecule has 1 saturated heterocycles. The van der Waals surface area contributed by atoms with Crippen LogP contribution < -0.4 is 4.74 Å². The molecule has 0 N–H and O–H groups in total. The first-order valence-electron chi connectivity index (χ1n) is 8.18. The molecule has 0 unspecified atom stereocenters. The largest absolute Gasteiger partial charge is 0.492 e. The van der Waals surface area contributed by atoms with E-state index in [1.807, 2.05) is 13.8 Å².